The third-order valence-electron chi connectivity index (χ3n) is 7.21. The molecule has 0 aromatic heterocycles. The Labute approximate surface area is 215 Å². The van der Waals surface area contributed by atoms with Crippen LogP contribution in [-0.4, -0.2) is 126 Å². The van der Waals surface area contributed by atoms with Crippen LogP contribution in [0.3, 0.4) is 0 Å². The van der Waals surface area contributed by atoms with Gasteiger partial charge in [-0.2, -0.15) is 0 Å². The third kappa shape index (κ3) is 7.54. The second-order valence-corrected chi connectivity index (χ2v) is 10.1. The van der Waals surface area contributed by atoms with Crippen molar-refractivity contribution in [2.45, 2.75) is 112 Å². The number of nitrogens with one attached hydrogen (secondary N) is 1. The van der Waals surface area contributed by atoms with Crippen LogP contribution in [0.2, 0.25) is 0 Å². The first-order chi connectivity index (χ1) is 17.6. The molecule has 1 aliphatic carbocycles. The zero-order chi connectivity index (χ0) is 27.3. The van der Waals surface area contributed by atoms with Crippen molar-refractivity contribution in [2.75, 3.05) is 19.7 Å². The minimum absolute atomic E-state index is 0.0289. The third-order valence-corrected chi connectivity index (χ3v) is 7.21. The molecule has 0 radical (unpaired) electrons. The minimum atomic E-state index is -1.43. The molecular weight excluding hydrogens is 492 g/mol. The van der Waals surface area contributed by atoms with E-state index in [0.717, 1.165) is 0 Å². The summed E-state index contributed by atoms with van der Waals surface area (Å²) in [4.78, 5) is 12.6. The van der Waals surface area contributed by atoms with Crippen LogP contribution < -0.4 is 34.0 Å². The van der Waals surface area contributed by atoms with E-state index in [9.17, 15) is 25.2 Å². The summed E-state index contributed by atoms with van der Waals surface area (Å²) < 4.78 is 23.5. The lowest BCUT2D eigenvalue weighted by atomic mass is 9.83. The highest BCUT2D eigenvalue weighted by molar-refractivity contribution is 5.80. The summed E-state index contributed by atoms with van der Waals surface area (Å²) in [5.41, 5.74) is 29.7. The molecule has 0 aromatic carbocycles. The molecule has 0 spiro atoms. The summed E-state index contributed by atoms with van der Waals surface area (Å²) >= 11 is 0. The molecule has 216 valence electrons. The van der Waals surface area contributed by atoms with Gasteiger partial charge >= 0.3 is 0 Å². The standard InChI is InChI=1S/C22H44N6O9/c23-4-3-15(30)20(33)28-14-6-13(27)18(36-21-11(25)2-1-9(7-24)34-21)17(32)19(14)37-22-16(31)12(26)5-10(8-29)35-22/h9-19,21-22,29-32H,1-8,23-27H2,(H,28,33)/t9?,10?,11?,12-,13-,14+,15-,16?,17?,18?,19-,21+,22+/m0/s1. The quantitative estimate of drug-likeness (QED) is 0.125. The van der Waals surface area contributed by atoms with Gasteiger partial charge < -0.3 is 73.4 Å². The number of carbonyl (C=O) groups excluding carboxylic acids is 1. The van der Waals surface area contributed by atoms with E-state index in [1.807, 2.05) is 0 Å². The molecule has 2 heterocycles. The number of amides is 1. The predicted octanol–water partition coefficient (Wildman–Crippen LogP) is -5.37. The Morgan fingerprint density at radius 2 is 1.59 bits per heavy atom. The highest BCUT2D eigenvalue weighted by Gasteiger charge is 2.49. The highest BCUT2D eigenvalue weighted by atomic mass is 16.7. The average Bonchev–Trinajstić information content (AvgIpc) is 2.87. The van der Waals surface area contributed by atoms with Gasteiger partial charge in [-0.25, -0.2) is 0 Å². The first kappa shape index (κ1) is 30.5. The van der Waals surface area contributed by atoms with Crippen molar-refractivity contribution in [3.8, 4) is 0 Å². The Balaban J connectivity index is 1.80. The lowest BCUT2D eigenvalue weighted by molar-refractivity contribution is -0.301. The highest BCUT2D eigenvalue weighted by Crippen LogP contribution is 2.31. The van der Waals surface area contributed by atoms with Crippen molar-refractivity contribution in [1.29, 1.82) is 0 Å². The Hall–Kier alpha value is -1.05. The fraction of sp³-hybridized carbons (Fsp3) is 0.955. The maximum Gasteiger partial charge on any atom is 0.249 e. The van der Waals surface area contributed by atoms with E-state index >= 15 is 0 Å². The molecule has 37 heavy (non-hydrogen) atoms. The zero-order valence-corrected chi connectivity index (χ0v) is 20.9. The summed E-state index contributed by atoms with van der Waals surface area (Å²) in [6.45, 7) is 0.0139. The molecule has 13 atom stereocenters. The SMILES string of the molecule is NCC[C@H](O)C(=O)N[C@@H]1C[C@H](N)C(O[C@H]2OC(CN)CCC2N)C(O)[C@H]1O[C@H]1OC(CO)C[C@H](N)C1O. The normalized spacial score (nSPS) is 43.8. The van der Waals surface area contributed by atoms with Gasteiger partial charge in [0.1, 0.15) is 30.5 Å². The number of hydrogen-bond acceptors (Lipinski definition) is 14. The minimum Gasteiger partial charge on any atom is -0.394 e. The van der Waals surface area contributed by atoms with Gasteiger partial charge in [0.05, 0.1) is 30.9 Å². The molecule has 0 bridgehead atoms. The lowest BCUT2D eigenvalue weighted by Gasteiger charge is -2.48. The molecule has 15 N–H and O–H groups in total. The maximum atomic E-state index is 12.6. The van der Waals surface area contributed by atoms with Gasteiger partial charge in [0.15, 0.2) is 12.6 Å². The summed E-state index contributed by atoms with van der Waals surface area (Å²) in [5, 5.41) is 44.2. The number of aliphatic hydroxyl groups excluding tert-OH is 4. The molecule has 3 fully saturated rings. The fourth-order valence-corrected chi connectivity index (χ4v) is 5.00. The van der Waals surface area contributed by atoms with Gasteiger partial charge in [0.25, 0.3) is 0 Å². The summed E-state index contributed by atoms with van der Waals surface area (Å²) in [5.74, 6) is -0.721. The molecule has 2 aliphatic heterocycles. The second-order valence-electron chi connectivity index (χ2n) is 10.1. The molecule has 0 aromatic rings. The van der Waals surface area contributed by atoms with Gasteiger partial charge in [0, 0.05) is 18.6 Å². The Morgan fingerprint density at radius 3 is 2.24 bits per heavy atom. The Kier molecular flexibility index (Phi) is 11.4. The molecule has 3 aliphatic rings. The smallest absolute Gasteiger partial charge is 0.249 e. The first-order valence-electron chi connectivity index (χ1n) is 12.8. The molecule has 15 nitrogen and oxygen atoms in total. The maximum absolute atomic E-state index is 12.6. The predicted molar refractivity (Wildman–Crippen MR) is 129 cm³/mol. The molecular formula is C22H44N6O9. The Bertz CT molecular complexity index is 726. The van der Waals surface area contributed by atoms with Crippen molar-refractivity contribution in [1.82, 2.24) is 5.32 Å². The van der Waals surface area contributed by atoms with E-state index in [4.69, 9.17) is 47.6 Å². The summed E-state index contributed by atoms with van der Waals surface area (Å²) in [7, 11) is 0. The fourth-order valence-electron chi connectivity index (χ4n) is 5.00. The van der Waals surface area contributed by atoms with Crippen molar-refractivity contribution in [3.63, 3.8) is 0 Å². The van der Waals surface area contributed by atoms with E-state index in [2.05, 4.69) is 5.32 Å². The number of rotatable bonds is 10. The molecule has 1 amide bonds. The monoisotopic (exact) mass is 536 g/mol. The topological polar surface area (TPSA) is 277 Å². The van der Waals surface area contributed by atoms with Crippen LogP contribution >= 0.6 is 0 Å². The summed E-state index contributed by atoms with van der Waals surface area (Å²) in [6.07, 6.45) is -7.88. The van der Waals surface area contributed by atoms with Gasteiger partial charge in [-0.3, -0.25) is 4.79 Å². The Morgan fingerprint density at radius 1 is 0.919 bits per heavy atom. The number of ether oxygens (including phenoxy) is 4. The van der Waals surface area contributed by atoms with Crippen LogP contribution in [0.1, 0.15) is 32.1 Å². The van der Waals surface area contributed by atoms with E-state index in [1.165, 1.54) is 0 Å². The number of aliphatic hydroxyl groups is 4. The second kappa shape index (κ2) is 13.8. The number of hydrogen-bond donors (Lipinski definition) is 10. The van der Waals surface area contributed by atoms with Crippen molar-refractivity contribution < 1.29 is 44.2 Å². The van der Waals surface area contributed by atoms with Crippen LogP contribution in [-0.2, 0) is 23.7 Å². The molecule has 6 unspecified atom stereocenters. The number of nitrogens with two attached hydrogens (primary N) is 5. The van der Waals surface area contributed by atoms with E-state index < -0.39 is 79.3 Å². The van der Waals surface area contributed by atoms with E-state index in [-0.39, 0.29) is 45.1 Å². The van der Waals surface area contributed by atoms with Crippen LogP contribution in [0.4, 0.5) is 0 Å². The van der Waals surface area contributed by atoms with Gasteiger partial charge in [-0.1, -0.05) is 0 Å². The van der Waals surface area contributed by atoms with Crippen molar-refractivity contribution >= 4 is 5.91 Å². The van der Waals surface area contributed by atoms with Gasteiger partial charge in [-0.05, 0) is 38.6 Å². The molecule has 1 saturated carbocycles. The first-order valence-corrected chi connectivity index (χ1v) is 12.8. The zero-order valence-electron chi connectivity index (χ0n) is 20.9. The van der Waals surface area contributed by atoms with E-state index in [0.29, 0.717) is 12.8 Å². The molecule has 3 rings (SSSR count). The average molecular weight is 537 g/mol. The van der Waals surface area contributed by atoms with E-state index in [1.54, 1.807) is 0 Å². The molecule has 2 saturated heterocycles. The van der Waals surface area contributed by atoms with Crippen LogP contribution in [0.25, 0.3) is 0 Å². The summed E-state index contributed by atoms with van der Waals surface area (Å²) in [6, 6.07) is -2.92. The lowest BCUT2D eigenvalue weighted by Crippen LogP contribution is -2.68. The number of carbonyl (C=O) groups is 1. The van der Waals surface area contributed by atoms with Gasteiger partial charge in [0.2, 0.25) is 5.91 Å². The van der Waals surface area contributed by atoms with Gasteiger partial charge in [-0.15, -0.1) is 0 Å². The van der Waals surface area contributed by atoms with Crippen molar-refractivity contribution in [3.05, 3.63) is 0 Å². The molecule has 15 heteroatoms. The largest absolute Gasteiger partial charge is 0.394 e. The van der Waals surface area contributed by atoms with Crippen LogP contribution in [0.5, 0.6) is 0 Å². The van der Waals surface area contributed by atoms with Crippen molar-refractivity contribution in [2.24, 2.45) is 28.7 Å². The van der Waals surface area contributed by atoms with Crippen LogP contribution in [0, 0.1) is 0 Å². The van der Waals surface area contributed by atoms with Crippen LogP contribution in [0.15, 0.2) is 0 Å².